The molecule has 0 saturated carbocycles. The van der Waals surface area contributed by atoms with Crippen LogP contribution in [0.25, 0.3) is 0 Å². The van der Waals surface area contributed by atoms with E-state index in [1.165, 1.54) is 0 Å². The number of nitrogens with zero attached hydrogens (tertiary/aromatic N) is 2. The maximum Gasteiger partial charge on any atom is 0.279 e. The van der Waals surface area contributed by atoms with Crippen molar-refractivity contribution in [2.75, 3.05) is 11.1 Å². The Morgan fingerprint density at radius 2 is 2.22 bits per heavy atom. The van der Waals surface area contributed by atoms with Crippen molar-refractivity contribution < 1.29 is 0 Å². The van der Waals surface area contributed by atoms with Crippen LogP contribution in [0, 0.1) is 0 Å². The van der Waals surface area contributed by atoms with Gasteiger partial charge in [0.25, 0.3) is 5.56 Å². The Labute approximate surface area is 112 Å². The lowest BCUT2D eigenvalue weighted by atomic mass is 10.1. The number of aromatic nitrogens is 1. The lowest BCUT2D eigenvalue weighted by Crippen LogP contribution is -2.28. The van der Waals surface area contributed by atoms with E-state index in [2.05, 4.69) is 24.2 Å². The number of anilines is 1. The van der Waals surface area contributed by atoms with Crippen molar-refractivity contribution in [2.24, 2.45) is 4.99 Å². The van der Waals surface area contributed by atoms with Crippen LogP contribution in [-0.4, -0.2) is 27.1 Å². The van der Waals surface area contributed by atoms with Gasteiger partial charge in [-0.1, -0.05) is 11.8 Å². The number of nitrogens with one attached hydrogen (secondary N) is 1. The second kappa shape index (κ2) is 4.80. The molecule has 1 aromatic heterocycles. The monoisotopic (exact) mass is 265 g/mol. The molecule has 4 nitrogen and oxygen atoms in total. The molecule has 0 aromatic carbocycles. The van der Waals surface area contributed by atoms with E-state index in [4.69, 9.17) is 0 Å². The van der Waals surface area contributed by atoms with Gasteiger partial charge in [0.2, 0.25) is 0 Å². The zero-order valence-corrected chi connectivity index (χ0v) is 12.0. The molecule has 0 bridgehead atoms. The van der Waals surface area contributed by atoms with Gasteiger partial charge in [-0.25, -0.2) is 0 Å². The van der Waals surface area contributed by atoms with Gasteiger partial charge in [-0.3, -0.25) is 14.4 Å². The largest absolute Gasteiger partial charge is 0.378 e. The number of pyridine rings is 1. The van der Waals surface area contributed by atoms with E-state index in [0.717, 1.165) is 10.9 Å². The van der Waals surface area contributed by atoms with Gasteiger partial charge in [-0.15, -0.1) is 0 Å². The number of thioether (sulfide) groups is 1. The van der Waals surface area contributed by atoms with Crippen LogP contribution in [0.1, 0.15) is 27.7 Å². The lowest BCUT2D eigenvalue weighted by Gasteiger charge is -2.11. The summed E-state index contributed by atoms with van der Waals surface area (Å²) in [5.74, 6) is 0.913. The molecular formula is C13H19N3OS. The van der Waals surface area contributed by atoms with Crippen LogP contribution < -0.4 is 10.9 Å². The molecule has 98 valence electrons. The third-order valence-electron chi connectivity index (χ3n) is 2.55. The van der Waals surface area contributed by atoms with Gasteiger partial charge >= 0.3 is 0 Å². The molecule has 2 heterocycles. The summed E-state index contributed by atoms with van der Waals surface area (Å²) in [5, 5.41) is 3.95. The number of rotatable bonds is 2. The highest BCUT2D eigenvalue weighted by Gasteiger charge is 2.26. The summed E-state index contributed by atoms with van der Waals surface area (Å²) in [6.07, 6.45) is 1.78. The maximum absolute atomic E-state index is 12.3. The molecule has 1 aromatic rings. The third kappa shape index (κ3) is 2.77. The van der Waals surface area contributed by atoms with Crippen molar-refractivity contribution in [3.63, 3.8) is 0 Å². The zero-order chi connectivity index (χ0) is 13.3. The Hall–Kier alpha value is -1.23. The van der Waals surface area contributed by atoms with Crippen molar-refractivity contribution in [1.82, 2.24) is 4.57 Å². The van der Waals surface area contributed by atoms with Crippen LogP contribution in [0.4, 0.5) is 5.69 Å². The highest BCUT2D eigenvalue weighted by atomic mass is 32.2. The fraction of sp³-hybridized carbons (Fsp3) is 0.538. The standard InChI is InChI=1S/C13H19N3OS/c1-9(2)14-10-6-5-7-16(11(10)17)12-15-13(3,4)8-18-12/h5-7,9,14H,8H2,1-4H3. The van der Waals surface area contributed by atoms with E-state index in [0.29, 0.717) is 5.69 Å². The molecule has 1 N–H and O–H groups in total. The lowest BCUT2D eigenvalue weighted by molar-refractivity contribution is 0.602. The van der Waals surface area contributed by atoms with Crippen molar-refractivity contribution in [1.29, 1.82) is 0 Å². The molecule has 0 saturated heterocycles. The Morgan fingerprint density at radius 3 is 2.78 bits per heavy atom. The summed E-state index contributed by atoms with van der Waals surface area (Å²) < 4.78 is 1.63. The minimum Gasteiger partial charge on any atom is -0.378 e. The second-order valence-corrected chi connectivity index (χ2v) is 6.33. The van der Waals surface area contributed by atoms with Gasteiger partial charge in [0.15, 0.2) is 5.17 Å². The molecule has 1 aliphatic rings. The normalized spacial score (nSPS) is 17.9. The molecule has 1 aliphatic heterocycles. The van der Waals surface area contributed by atoms with Crippen LogP contribution in [0.3, 0.4) is 0 Å². The maximum atomic E-state index is 12.3. The number of aliphatic imine (C=N–C) groups is 1. The Morgan fingerprint density at radius 1 is 1.50 bits per heavy atom. The van der Waals surface area contributed by atoms with Crippen LogP contribution in [0.15, 0.2) is 28.1 Å². The minimum absolute atomic E-state index is 0.0323. The van der Waals surface area contributed by atoms with Crippen molar-refractivity contribution in [3.05, 3.63) is 28.7 Å². The van der Waals surface area contributed by atoms with Crippen LogP contribution in [0.5, 0.6) is 0 Å². The van der Waals surface area contributed by atoms with Crippen molar-refractivity contribution in [2.45, 2.75) is 39.3 Å². The molecule has 0 unspecified atom stereocenters. The van der Waals surface area contributed by atoms with E-state index >= 15 is 0 Å². The van der Waals surface area contributed by atoms with E-state index in [-0.39, 0.29) is 17.1 Å². The summed E-state index contributed by atoms with van der Waals surface area (Å²) >= 11 is 1.63. The summed E-state index contributed by atoms with van der Waals surface area (Å²) in [4.78, 5) is 16.9. The van der Waals surface area contributed by atoms with Crippen LogP contribution in [-0.2, 0) is 0 Å². The first-order chi connectivity index (χ1) is 8.39. The quantitative estimate of drug-likeness (QED) is 0.893. The van der Waals surface area contributed by atoms with E-state index in [1.807, 2.05) is 26.0 Å². The van der Waals surface area contributed by atoms with E-state index in [1.54, 1.807) is 22.5 Å². The van der Waals surface area contributed by atoms with Gasteiger partial charge in [-0.2, -0.15) is 0 Å². The summed E-state index contributed by atoms with van der Waals surface area (Å²) in [6.45, 7) is 8.19. The number of hydrogen-bond acceptors (Lipinski definition) is 4. The van der Waals surface area contributed by atoms with Gasteiger partial charge in [0.1, 0.15) is 5.69 Å². The molecule has 0 amide bonds. The first-order valence-corrected chi connectivity index (χ1v) is 7.09. The molecule has 2 rings (SSSR count). The Balaban J connectivity index is 2.39. The molecular weight excluding hydrogens is 246 g/mol. The smallest absolute Gasteiger partial charge is 0.279 e. The minimum atomic E-state index is -0.0824. The average molecular weight is 265 g/mol. The fourth-order valence-electron chi connectivity index (χ4n) is 1.75. The Kier molecular flexibility index (Phi) is 3.52. The first kappa shape index (κ1) is 13.2. The first-order valence-electron chi connectivity index (χ1n) is 6.10. The second-order valence-electron chi connectivity index (χ2n) is 5.39. The summed E-state index contributed by atoms with van der Waals surface area (Å²) in [7, 11) is 0. The zero-order valence-electron chi connectivity index (χ0n) is 11.2. The predicted molar refractivity (Wildman–Crippen MR) is 78.8 cm³/mol. The summed E-state index contributed by atoms with van der Waals surface area (Å²) in [5.41, 5.74) is 0.511. The SMILES string of the molecule is CC(C)Nc1cccn(C2=NC(C)(C)CS2)c1=O. The van der Waals surface area contributed by atoms with Crippen molar-refractivity contribution in [3.8, 4) is 0 Å². The molecule has 0 aliphatic carbocycles. The van der Waals surface area contributed by atoms with Gasteiger partial charge in [-0.05, 0) is 39.8 Å². The van der Waals surface area contributed by atoms with Crippen LogP contribution >= 0.6 is 11.8 Å². The highest BCUT2D eigenvalue weighted by Crippen LogP contribution is 2.27. The number of hydrogen-bond donors (Lipinski definition) is 1. The topological polar surface area (TPSA) is 46.4 Å². The predicted octanol–water partition coefficient (Wildman–Crippen LogP) is 2.40. The van der Waals surface area contributed by atoms with Crippen molar-refractivity contribution >= 4 is 22.6 Å². The summed E-state index contributed by atoms with van der Waals surface area (Å²) in [6, 6.07) is 3.92. The molecule has 0 spiro atoms. The molecule has 18 heavy (non-hydrogen) atoms. The van der Waals surface area contributed by atoms with E-state index < -0.39 is 0 Å². The van der Waals surface area contributed by atoms with Crippen LogP contribution in [0.2, 0.25) is 0 Å². The molecule has 0 atom stereocenters. The van der Waals surface area contributed by atoms with Gasteiger partial charge in [0, 0.05) is 18.0 Å². The highest BCUT2D eigenvalue weighted by molar-refractivity contribution is 8.14. The van der Waals surface area contributed by atoms with Gasteiger partial charge < -0.3 is 5.32 Å². The average Bonchev–Trinajstić information content (AvgIpc) is 2.61. The fourth-order valence-corrected chi connectivity index (χ4v) is 2.90. The third-order valence-corrected chi connectivity index (χ3v) is 3.95. The van der Waals surface area contributed by atoms with Gasteiger partial charge in [0.05, 0.1) is 5.54 Å². The Bertz CT molecular complexity index is 531. The molecule has 5 heteroatoms. The van der Waals surface area contributed by atoms with E-state index in [9.17, 15) is 4.79 Å². The molecule has 0 radical (unpaired) electrons. The molecule has 0 fully saturated rings.